The van der Waals surface area contributed by atoms with Crippen LogP contribution in [0.4, 0.5) is 0 Å². The number of H-pyrrole nitrogens is 1. The van der Waals surface area contributed by atoms with Crippen molar-refractivity contribution < 1.29 is 9.53 Å². The number of aromatic amines is 1. The van der Waals surface area contributed by atoms with Gasteiger partial charge in [0.15, 0.2) is 0 Å². The third-order valence-corrected chi connectivity index (χ3v) is 4.51. The van der Waals surface area contributed by atoms with E-state index in [-0.39, 0.29) is 11.9 Å². The van der Waals surface area contributed by atoms with Gasteiger partial charge in [0.2, 0.25) is 0 Å². The summed E-state index contributed by atoms with van der Waals surface area (Å²) in [5.74, 6) is 0.116. The Bertz CT molecular complexity index is 675. The van der Waals surface area contributed by atoms with E-state index in [1.54, 1.807) is 0 Å². The van der Waals surface area contributed by atoms with Gasteiger partial charge in [0.05, 0.1) is 19.3 Å². The third-order valence-electron chi connectivity index (χ3n) is 4.51. The Balaban J connectivity index is 1.95. The summed E-state index contributed by atoms with van der Waals surface area (Å²) < 4.78 is 5.48. The second kappa shape index (κ2) is 5.53. The van der Waals surface area contributed by atoms with Crippen molar-refractivity contribution >= 4 is 16.8 Å². The first-order chi connectivity index (χ1) is 10.1. The molecule has 2 heterocycles. The number of hydrogen-bond acceptors (Lipinski definition) is 2. The van der Waals surface area contributed by atoms with Crippen LogP contribution in [0.2, 0.25) is 0 Å². The molecule has 1 aliphatic heterocycles. The van der Waals surface area contributed by atoms with Crippen molar-refractivity contribution in [3.63, 3.8) is 0 Å². The van der Waals surface area contributed by atoms with Crippen LogP contribution in [0.25, 0.3) is 10.9 Å². The van der Waals surface area contributed by atoms with E-state index in [0.717, 1.165) is 28.6 Å². The van der Waals surface area contributed by atoms with Gasteiger partial charge in [0.25, 0.3) is 5.91 Å². The molecule has 0 spiro atoms. The van der Waals surface area contributed by atoms with Gasteiger partial charge in [0, 0.05) is 28.7 Å². The van der Waals surface area contributed by atoms with E-state index in [9.17, 15) is 4.79 Å². The van der Waals surface area contributed by atoms with Gasteiger partial charge in [-0.3, -0.25) is 4.79 Å². The Morgan fingerprint density at radius 2 is 2.24 bits per heavy atom. The molecule has 1 aromatic heterocycles. The highest BCUT2D eigenvalue weighted by Gasteiger charge is 2.27. The van der Waals surface area contributed by atoms with Crippen molar-refractivity contribution in [1.82, 2.24) is 9.88 Å². The topological polar surface area (TPSA) is 45.3 Å². The average Bonchev–Trinajstić information content (AvgIpc) is 2.81. The summed E-state index contributed by atoms with van der Waals surface area (Å²) in [5, 5.41) is 1.14. The molecule has 2 aromatic rings. The molecule has 3 rings (SSSR count). The zero-order chi connectivity index (χ0) is 15.0. The van der Waals surface area contributed by atoms with E-state index in [0.29, 0.717) is 19.8 Å². The van der Waals surface area contributed by atoms with Crippen LogP contribution < -0.4 is 0 Å². The molecule has 1 amide bonds. The summed E-state index contributed by atoms with van der Waals surface area (Å²) in [6, 6.07) is 6.13. The lowest BCUT2D eigenvalue weighted by molar-refractivity contribution is -0.00278. The summed E-state index contributed by atoms with van der Waals surface area (Å²) in [4.78, 5) is 18.1. The number of nitrogens with zero attached hydrogens (tertiary/aromatic N) is 1. The molecule has 21 heavy (non-hydrogen) atoms. The average molecular weight is 286 g/mol. The SMILES string of the molecule is CCC1COCCN1C(=O)c1ccc2[nH]c(C)c(C)c2c1. The van der Waals surface area contributed by atoms with Crippen LogP contribution in [0.5, 0.6) is 0 Å². The maximum atomic E-state index is 12.8. The fraction of sp³-hybridized carbons (Fsp3) is 0.471. The lowest BCUT2D eigenvalue weighted by atomic mass is 10.1. The van der Waals surface area contributed by atoms with Gasteiger partial charge in [0.1, 0.15) is 0 Å². The van der Waals surface area contributed by atoms with Crippen molar-refractivity contribution in [3.05, 3.63) is 35.0 Å². The highest BCUT2D eigenvalue weighted by molar-refractivity contribution is 5.99. The Morgan fingerprint density at radius 1 is 1.43 bits per heavy atom. The Labute approximate surface area is 125 Å². The molecule has 1 atom stereocenters. The molecule has 1 aromatic carbocycles. The first kappa shape index (κ1) is 14.1. The van der Waals surface area contributed by atoms with Crippen molar-refractivity contribution in [2.24, 2.45) is 0 Å². The van der Waals surface area contributed by atoms with Gasteiger partial charge in [-0.2, -0.15) is 0 Å². The molecule has 112 valence electrons. The summed E-state index contributed by atoms with van der Waals surface area (Å²) in [6.45, 7) is 8.21. The third kappa shape index (κ3) is 2.44. The number of amides is 1. The Kier molecular flexibility index (Phi) is 3.72. The smallest absolute Gasteiger partial charge is 0.254 e. The molecular formula is C17H22N2O2. The maximum Gasteiger partial charge on any atom is 0.254 e. The van der Waals surface area contributed by atoms with Gasteiger partial charge >= 0.3 is 0 Å². The molecule has 0 bridgehead atoms. The number of carbonyl (C=O) groups is 1. The zero-order valence-electron chi connectivity index (χ0n) is 12.9. The first-order valence-corrected chi connectivity index (χ1v) is 7.59. The van der Waals surface area contributed by atoms with E-state index in [1.807, 2.05) is 23.1 Å². The van der Waals surface area contributed by atoms with Crippen LogP contribution >= 0.6 is 0 Å². The van der Waals surface area contributed by atoms with E-state index in [4.69, 9.17) is 4.74 Å². The molecular weight excluding hydrogens is 264 g/mol. The number of rotatable bonds is 2. The zero-order valence-corrected chi connectivity index (χ0v) is 12.9. The van der Waals surface area contributed by atoms with Gasteiger partial charge in [-0.15, -0.1) is 0 Å². The number of fused-ring (bicyclic) bond motifs is 1. The Hall–Kier alpha value is -1.81. The summed E-state index contributed by atoms with van der Waals surface area (Å²) in [5.41, 5.74) is 4.24. The normalized spacial score (nSPS) is 19.2. The molecule has 4 nitrogen and oxygen atoms in total. The van der Waals surface area contributed by atoms with Crippen molar-refractivity contribution in [2.45, 2.75) is 33.2 Å². The molecule has 1 N–H and O–H groups in total. The molecule has 4 heteroatoms. The maximum absolute atomic E-state index is 12.8. The van der Waals surface area contributed by atoms with Crippen molar-refractivity contribution in [1.29, 1.82) is 0 Å². The summed E-state index contributed by atoms with van der Waals surface area (Å²) in [7, 11) is 0. The monoisotopic (exact) mass is 286 g/mol. The molecule has 1 fully saturated rings. The van der Waals surface area contributed by atoms with Gasteiger partial charge < -0.3 is 14.6 Å². The first-order valence-electron chi connectivity index (χ1n) is 7.59. The predicted molar refractivity (Wildman–Crippen MR) is 83.7 cm³/mol. The van der Waals surface area contributed by atoms with Crippen LogP contribution in [-0.2, 0) is 4.74 Å². The molecule has 0 radical (unpaired) electrons. The second-order valence-electron chi connectivity index (χ2n) is 5.77. The summed E-state index contributed by atoms with van der Waals surface area (Å²) >= 11 is 0. The second-order valence-corrected chi connectivity index (χ2v) is 5.77. The molecule has 0 aliphatic carbocycles. The highest BCUT2D eigenvalue weighted by Crippen LogP contribution is 2.24. The van der Waals surface area contributed by atoms with Crippen LogP contribution in [0.3, 0.4) is 0 Å². The van der Waals surface area contributed by atoms with Crippen LogP contribution in [-0.4, -0.2) is 41.6 Å². The minimum Gasteiger partial charge on any atom is -0.377 e. The van der Waals surface area contributed by atoms with E-state index < -0.39 is 0 Å². The summed E-state index contributed by atoms with van der Waals surface area (Å²) in [6.07, 6.45) is 0.927. The number of aromatic nitrogens is 1. The van der Waals surface area contributed by atoms with Crippen LogP contribution in [0, 0.1) is 13.8 Å². The van der Waals surface area contributed by atoms with E-state index >= 15 is 0 Å². The number of ether oxygens (including phenoxy) is 1. The number of carbonyl (C=O) groups excluding carboxylic acids is 1. The molecule has 0 saturated carbocycles. The van der Waals surface area contributed by atoms with Crippen LogP contribution in [0.15, 0.2) is 18.2 Å². The number of morpholine rings is 1. The lowest BCUT2D eigenvalue weighted by Gasteiger charge is -2.35. The van der Waals surface area contributed by atoms with Crippen molar-refractivity contribution in [3.8, 4) is 0 Å². The quantitative estimate of drug-likeness (QED) is 0.922. The standard InChI is InChI=1S/C17H22N2O2/c1-4-14-10-21-8-7-19(14)17(20)13-5-6-16-15(9-13)11(2)12(3)18-16/h5-6,9,14,18H,4,7-8,10H2,1-3H3. The molecule has 1 unspecified atom stereocenters. The van der Waals surface area contributed by atoms with Gasteiger partial charge in [-0.1, -0.05) is 6.92 Å². The van der Waals surface area contributed by atoms with E-state index in [1.165, 1.54) is 5.56 Å². The van der Waals surface area contributed by atoms with Gasteiger partial charge in [-0.25, -0.2) is 0 Å². The number of benzene rings is 1. The molecule has 1 saturated heterocycles. The van der Waals surface area contributed by atoms with Crippen LogP contribution in [0.1, 0.15) is 35.0 Å². The fourth-order valence-electron chi connectivity index (χ4n) is 3.02. The lowest BCUT2D eigenvalue weighted by Crippen LogP contribution is -2.48. The minimum atomic E-state index is 0.116. The fourth-order valence-corrected chi connectivity index (χ4v) is 3.02. The predicted octanol–water partition coefficient (Wildman–Crippen LogP) is 3.04. The number of aryl methyl sites for hydroxylation is 2. The largest absolute Gasteiger partial charge is 0.377 e. The van der Waals surface area contributed by atoms with Gasteiger partial charge in [-0.05, 0) is 44.0 Å². The molecule has 1 aliphatic rings. The van der Waals surface area contributed by atoms with E-state index in [2.05, 4.69) is 25.8 Å². The number of hydrogen-bond donors (Lipinski definition) is 1. The highest BCUT2D eigenvalue weighted by atomic mass is 16.5. The Morgan fingerprint density at radius 3 is 3.00 bits per heavy atom. The van der Waals surface area contributed by atoms with Crippen molar-refractivity contribution in [2.75, 3.05) is 19.8 Å². The minimum absolute atomic E-state index is 0.116. The number of nitrogens with one attached hydrogen (secondary N) is 1.